The molecule has 0 radical (unpaired) electrons. The summed E-state index contributed by atoms with van der Waals surface area (Å²) >= 11 is 1.38. The predicted octanol–water partition coefficient (Wildman–Crippen LogP) is 4.95. The maximum absolute atomic E-state index is 12.8. The molecule has 2 aromatic carbocycles. The number of aromatic nitrogens is 3. The van der Waals surface area contributed by atoms with Crippen molar-refractivity contribution in [1.82, 2.24) is 14.6 Å². The Morgan fingerprint density at radius 3 is 2.64 bits per heavy atom. The van der Waals surface area contributed by atoms with Crippen molar-refractivity contribution in [2.24, 2.45) is 0 Å². The molecule has 3 aromatic heterocycles. The summed E-state index contributed by atoms with van der Waals surface area (Å²) in [7, 11) is 1.58. The zero-order valence-corrected chi connectivity index (χ0v) is 18.4. The number of fused-ring (bicyclic) bond motifs is 1. The summed E-state index contributed by atoms with van der Waals surface area (Å²) in [5.74, 6) is 0.356. The molecule has 5 rings (SSSR count). The van der Waals surface area contributed by atoms with Crippen molar-refractivity contribution in [1.29, 1.82) is 0 Å². The molecule has 0 saturated carbocycles. The van der Waals surface area contributed by atoms with Crippen LogP contribution in [-0.4, -0.2) is 33.4 Å². The van der Waals surface area contributed by atoms with Crippen LogP contribution in [0.3, 0.4) is 0 Å². The van der Waals surface area contributed by atoms with Crippen LogP contribution in [0.4, 0.5) is 5.69 Å². The smallest absolute Gasteiger partial charge is 0.255 e. The van der Waals surface area contributed by atoms with Gasteiger partial charge in [0.2, 0.25) is 5.78 Å². The molecule has 0 unspecified atom stereocenters. The van der Waals surface area contributed by atoms with Crippen LogP contribution in [0.5, 0.6) is 5.75 Å². The second-order valence-electron chi connectivity index (χ2n) is 7.19. The van der Waals surface area contributed by atoms with E-state index < -0.39 is 0 Å². The summed E-state index contributed by atoms with van der Waals surface area (Å²) < 4.78 is 6.78. The lowest BCUT2D eigenvalue weighted by atomic mass is 10.1. The molecule has 162 valence electrons. The van der Waals surface area contributed by atoms with Crippen molar-refractivity contribution in [3.63, 3.8) is 0 Å². The average Bonchev–Trinajstić information content (AvgIpc) is 3.54. The van der Waals surface area contributed by atoms with Crippen molar-refractivity contribution in [3.05, 3.63) is 101 Å². The van der Waals surface area contributed by atoms with E-state index in [0.29, 0.717) is 33.1 Å². The minimum Gasteiger partial charge on any atom is -0.497 e. The Balaban J connectivity index is 1.45. The van der Waals surface area contributed by atoms with Gasteiger partial charge in [0.25, 0.3) is 5.91 Å². The number of nitrogens with zero attached hydrogens (tertiary/aromatic N) is 3. The first-order valence-electron chi connectivity index (χ1n) is 10.1. The van der Waals surface area contributed by atoms with Gasteiger partial charge in [-0.1, -0.05) is 18.2 Å². The molecule has 33 heavy (non-hydrogen) atoms. The topological polar surface area (TPSA) is 85.6 Å². The highest BCUT2D eigenvalue weighted by Gasteiger charge is 2.18. The van der Waals surface area contributed by atoms with Crippen molar-refractivity contribution in [3.8, 4) is 17.0 Å². The fourth-order valence-corrected chi connectivity index (χ4v) is 4.19. The molecular formula is C25H18N4O3S. The number of amides is 1. The van der Waals surface area contributed by atoms with Crippen LogP contribution in [-0.2, 0) is 0 Å². The lowest BCUT2D eigenvalue weighted by molar-refractivity contribution is 0.102. The number of hydrogen-bond acceptors (Lipinski definition) is 6. The Kier molecular flexibility index (Phi) is 5.42. The monoisotopic (exact) mass is 454 g/mol. The van der Waals surface area contributed by atoms with E-state index in [1.807, 2.05) is 41.8 Å². The summed E-state index contributed by atoms with van der Waals surface area (Å²) in [5.41, 5.74) is 3.68. The van der Waals surface area contributed by atoms with Crippen molar-refractivity contribution in [2.45, 2.75) is 0 Å². The standard InChI is InChI=1S/C25H18N4O3S/c1-32-19-9-7-16(8-10-19)25(31)28-18-5-2-4-17(14-18)21-11-12-26-24-20(15-27-29(21)24)23(30)22-6-3-13-33-22/h2-15H,1H3,(H,28,31). The van der Waals surface area contributed by atoms with Gasteiger partial charge in [0.15, 0.2) is 5.65 Å². The first kappa shape index (κ1) is 20.6. The van der Waals surface area contributed by atoms with E-state index in [4.69, 9.17) is 4.74 Å². The average molecular weight is 455 g/mol. The van der Waals surface area contributed by atoms with E-state index in [0.717, 1.165) is 11.3 Å². The van der Waals surface area contributed by atoms with E-state index in [2.05, 4.69) is 15.4 Å². The van der Waals surface area contributed by atoms with Crippen LogP contribution >= 0.6 is 11.3 Å². The number of carbonyl (C=O) groups is 2. The zero-order chi connectivity index (χ0) is 22.8. The van der Waals surface area contributed by atoms with Gasteiger partial charge in [-0.15, -0.1) is 11.3 Å². The molecule has 0 spiro atoms. The quantitative estimate of drug-likeness (QED) is 0.367. The van der Waals surface area contributed by atoms with Crippen LogP contribution in [0, 0.1) is 0 Å². The highest BCUT2D eigenvalue weighted by atomic mass is 32.1. The lowest BCUT2D eigenvalue weighted by Crippen LogP contribution is -2.11. The number of methoxy groups -OCH3 is 1. The highest BCUT2D eigenvalue weighted by molar-refractivity contribution is 7.12. The third kappa shape index (κ3) is 3.99. The summed E-state index contributed by atoms with van der Waals surface area (Å²) in [4.78, 5) is 30.5. The Labute approximate surface area is 193 Å². The molecular weight excluding hydrogens is 436 g/mol. The minimum absolute atomic E-state index is 0.106. The number of carbonyl (C=O) groups excluding carboxylic acids is 2. The van der Waals surface area contributed by atoms with Crippen LogP contribution < -0.4 is 10.1 Å². The molecule has 8 heteroatoms. The number of anilines is 1. The summed E-state index contributed by atoms with van der Waals surface area (Å²) in [6.07, 6.45) is 3.20. The van der Waals surface area contributed by atoms with Gasteiger partial charge in [-0.05, 0) is 53.9 Å². The van der Waals surface area contributed by atoms with E-state index >= 15 is 0 Å². The van der Waals surface area contributed by atoms with E-state index in [1.165, 1.54) is 11.3 Å². The molecule has 0 aliphatic heterocycles. The molecule has 1 amide bonds. The van der Waals surface area contributed by atoms with E-state index in [-0.39, 0.29) is 11.7 Å². The van der Waals surface area contributed by atoms with Crippen LogP contribution in [0.25, 0.3) is 16.9 Å². The largest absolute Gasteiger partial charge is 0.497 e. The fourth-order valence-electron chi connectivity index (χ4n) is 3.51. The molecule has 7 nitrogen and oxygen atoms in total. The third-order valence-electron chi connectivity index (χ3n) is 5.16. The van der Waals surface area contributed by atoms with E-state index in [1.54, 1.807) is 54.4 Å². The zero-order valence-electron chi connectivity index (χ0n) is 17.6. The van der Waals surface area contributed by atoms with Gasteiger partial charge in [0.1, 0.15) is 5.75 Å². The minimum atomic E-state index is -0.224. The number of ketones is 1. The van der Waals surface area contributed by atoms with Gasteiger partial charge in [-0.25, -0.2) is 9.50 Å². The van der Waals surface area contributed by atoms with Gasteiger partial charge in [0, 0.05) is 23.0 Å². The second-order valence-corrected chi connectivity index (χ2v) is 8.14. The van der Waals surface area contributed by atoms with Gasteiger partial charge in [-0.2, -0.15) is 5.10 Å². The molecule has 0 bridgehead atoms. The Morgan fingerprint density at radius 1 is 1.03 bits per heavy atom. The predicted molar refractivity (Wildman–Crippen MR) is 127 cm³/mol. The summed E-state index contributed by atoms with van der Waals surface area (Å²) in [6.45, 7) is 0. The van der Waals surface area contributed by atoms with Crippen LogP contribution in [0.15, 0.2) is 84.5 Å². The third-order valence-corrected chi connectivity index (χ3v) is 6.03. The Morgan fingerprint density at radius 2 is 1.88 bits per heavy atom. The number of hydrogen-bond donors (Lipinski definition) is 1. The maximum atomic E-state index is 12.8. The summed E-state index contributed by atoms with van der Waals surface area (Å²) in [5, 5.41) is 9.20. The SMILES string of the molecule is COc1ccc(C(=O)Nc2cccc(-c3ccnc4c(C(=O)c5cccs5)cnn34)c2)cc1. The number of rotatable bonds is 6. The van der Waals surface area contributed by atoms with Crippen molar-refractivity contribution in [2.75, 3.05) is 12.4 Å². The molecule has 1 N–H and O–H groups in total. The van der Waals surface area contributed by atoms with Crippen LogP contribution in [0.2, 0.25) is 0 Å². The van der Waals surface area contributed by atoms with Gasteiger partial charge in [0.05, 0.1) is 29.4 Å². The molecule has 0 aliphatic carbocycles. The first-order valence-corrected chi connectivity index (χ1v) is 11.0. The maximum Gasteiger partial charge on any atom is 0.255 e. The van der Waals surface area contributed by atoms with Crippen molar-refractivity contribution >= 4 is 34.4 Å². The van der Waals surface area contributed by atoms with Gasteiger partial charge >= 0.3 is 0 Å². The normalized spacial score (nSPS) is 10.8. The lowest BCUT2D eigenvalue weighted by Gasteiger charge is -2.09. The molecule has 3 heterocycles. The van der Waals surface area contributed by atoms with Gasteiger partial charge in [-0.3, -0.25) is 9.59 Å². The first-order chi connectivity index (χ1) is 16.1. The summed E-state index contributed by atoms with van der Waals surface area (Å²) in [6, 6.07) is 19.8. The number of benzene rings is 2. The highest BCUT2D eigenvalue weighted by Crippen LogP contribution is 2.26. The molecule has 0 atom stereocenters. The fraction of sp³-hybridized carbons (Fsp3) is 0.0400. The molecule has 0 fully saturated rings. The van der Waals surface area contributed by atoms with E-state index in [9.17, 15) is 9.59 Å². The second kappa shape index (κ2) is 8.68. The molecule has 5 aromatic rings. The molecule has 0 aliphatic rings. The number of ether oxygens (including phenoxy) is 1. The Bertz CT molecular complexity index is 1460. The molecule has 0 saturated heterocycles. The van der Waals surface area contributed by atoms with Crippen LogP contribution in [0.1, 0.15) is 25.6 Å². The number of thiophene rings is 1. The number of nitrogens with one attached hydrogen (secondary N) is 1. The van der Waals surface area contributed by atoms with Crippen molar-refractivity contribution < 1.29 is 14.3 Å². The Hall–Kier alpha value is -4.30. The van der Waals surface area contributed by atoms with Gasteiger partial charge < -0.3 is 10.1 Å².